The number of aromatic nitrogens is 2. The van der Waals surface area contributed by atoms with Gasteiger partial charge in [0.15, 0.2) is 6.61 Å². The van der Waals surface area contributed by atoms with Crippen molar-refractivity contribution in [2.24, 2.45) is 7.05 Å². The van der Waals surface area contributed by atoms with E-state index >= 15 is 0 Å². The summed E-state index contributed by atoms with van der Waals surface area (Å²) in [6.07, 6.45) is 0. The second-order valence-corrected chi connectivity index (χ2v) is 6.99. The highest BCUT2D eigenvalue weighted by Gasteiger charge is 2.18. The lowest BCUT2D eigenvalue weighted by atomic mass is 10.2. The van der Waals surface area contributed by atoms with Crippen LogP contribution in [0.1, 0.15) is 20.9 Å². The normalized spacial score (nSPS) is 10.9. The topological polar surface area (TPSA) is 64.4 Å². The van der Waals surface area contributed by atoms with Crippen LogP contribution in [0, 0.1) is 12.7 Å². The lowest BCUT2D eigenvalue weighted by molar-refractivity contribution is -0.133. The predicted molar refractivity (Wildman–Crippen MR) is 96.5 cm³/mol. The summed E-state index contributed by atoms with van der Waals surface area (Å²) in [6.45, 7) is 1.58. The molecule has 1 amide bonds. The quantitative estimate of drug-likeness (QED) is 0.643. The molecule has 0 radical (unpaired) electrons. The number of carbonyl (C=O) groups is 2. The molecular weight excluding hydrogens is 357 g/mol. The van der Waals surface area contributed by atoms with Gasteiger partial charge in [0.1, 0.15) is 15.5 Å². The van der Waals surface area contributed by atoms with E-state index in [1.807, 2.05) is 14.0 Å². The summed E-state index contributed by atoms with van der Waals surface area (Å²) < 4.78 is 20.5. The summed E-state index contributed by atoms with van der Waals surface area (Å²) in [4.78, 5) is 27.0. The van der Waals surface area contributed by atoms with E-state index in [2.05, 4.69) is 5.10 Å². The van der Waals surface area contributed by atoms with Gasteiger partial charge in [-0.05, 0) is 19.1 Å². The van der Waals surface area contributed by atoms with Crippen molar-refractivity contribution in [1.29, 1.82) is 0 Å². The summed E-state index contributed by atoms with van der Waals surface area (Å²) in [5.74, 6) is -1.34. The van der Waals surface area contributed by atoms with Gasteiger partial charge in [0.25, 0.3) is 5.91 Å². The zero-order chi connectivity index (χ0) is 18.8. The van der Waals surface area contributed by atoms with E-state index < -0.39 is 18.5 Å². The van der Waals surface area contributed by atoms with Crippen LogP contribution in [0.5, 0.6) is 0 Å². The van der Waals surface area contributed by atoms with E-state index in [4.69, 9.17) is 4.74 Å². The molecule has 0 N–H and O–H groups in total. The molecule has 3 rings (SSSR count). The number of esters is 1. The monoisotopic (exact) mass is 375 g/mol. The fourth-order valence-corrected chi connectivity index (χ4v) is 3.60. The van der Waals surface area contributed by atoms with Gasteiger partial charge in [0, 0.05) is 31.6 Å². The second kappa shape index (κ2) is 7.25. The van der Waals surface area contributed by atoms with Crippen molar-refractivity contribution in [1.82, 2.24) is 14.7 Å². The highest BCUT2D eigenvalue weighted by molar-refractivity contribution is 7.20. The van der Waals surface area contributed by atoms with Gasteiger partial charge in [-0.3, -0.25) is 9.48 Å². The minimum atomic E-state index is -0.557. The highest BCUT2D eigenvalue weighted by Crippen LogP contribution is 2.28. The standard InChI is InChI=1S/C18H18FN3O3S/c1-11-13-8-15(26-17(13)22(3)20-11)18(24)25-10-16(23)21(2)9-12-6-4-5-7-14(12)19/h4-8H,9-10H2,1-3H3. The van der Waals surface area contributed by atoms with Crippen LogP contribution >= 0.6 is 11.3 Å². The van der Waals surface area contributed by atoms with E-state index in [9.17, 15) is 14.0 Å². The Morgan fingerprint density at radius 2 is 2.08 bits per heavy atom. The number of fused-ring (bicyclic) bond motifs is 1. The van der Waals surface area contributed by atoms with E-state index in [1.54, 1.807) is 28.9 Å². The number of rotatable bonds is 5. The molecule has 0 aliphatic heterocycles. The largest absolute Gasteiger partial charge is 0.451 e. The smallest absolute Gasteiger partial charge is 0.348 e. The van der Waals surface area contributed by atoms with Crippen LogP contribution in [0.4, 0.5) is 4.39 Å². The third kappa shape index (κ3) is 3.60. The van der Waals surface area contributed by atoms with Gasteiger partial charge in [0.2, 0.25) is 0 Å². The average molecular weight is 375 g/mol. The van der Waals surface area contributed by atoms with E-state index in [0.717, 1.165) is 15.9 Å². The summed E-state index contributed by atoms with van der Waals surface area (Å²) in [5, 5.41) is 5.17. The molecule has 0 aliphatic carbocycles. The molecule has 26 heavy (non-hydrogen) atoms. The number of hydrogen-bond donors (Lipinski definition) is 0. The first-order valence-electron chi connectivity index (χ1n) is 7.94. The average Bonchev–Trinajstić information content (AvgIpc) is 3.16. The molecule has 0 fully saturated rings. The Hall–Kier alpha value is -2.74. The van der Waals surface area contributed by atoms with Gasteiger partial charge in [-0.2, -0.15) is 5.10 Å². The molecule has 1 aromatic carbocycles. The first-order valence-corrected chi connectivity index (χ1v) is 8.76. The Morgan fingerprint density at radius 3 is 2.77 bits per heavy atom. The molecule has 3 aromatic rings. The molecule has 2 heterocycles. The molecule has 0 saturated carbocycles. The Bertz CT molecular complexity index is 945. The Morgan fingerprint density at radius 1 is 1.35 bits per heavy atom. The van der Waals surface area contributed by atoms with Crippen molar-refractivity contribution < 1.29 is 18.7 Å². The first kappa shape index (κ1) is 18.1. The van der Waals surface area contributed by atoms with Crippen molar-refractivity contribution in [3.05, 3.63) is 52.3 Å². The summed E-state index contributed by atoms with van der Waals surface area (Å²) in [5.41, 5.74) is 1.24. The Kier molecular flexibility index (Phi) is 5.03. The zero-order valence-corrected chi connectivity index (χ0v) is 15.5. The van der Waals surface area contributed by atoms with Crippen LogP contribution in [-0.4, -0.2) is 40.2 Å². The predicted octanol–water partition coefficient (Wildman–Crippen LogP) is 2.90. The fourth-order valence-electron chi connectivity index (χ4n) is 2.58. The first-order chi connectivity index (χ1) is 12.4. The molecule has 0 atom stereocenters. The van der Waals surface area contributed by atoms with Crippen molar-refractivity contribution in [2.45, 2.75) is 13.5 Å². The molecule has 0 spiro atoms. The van der Waals surface area contributed by atoms with Gasteiger partial charge in [0.05, 0.1) is 5.69 Å². The maximum absolute atomic E-state index is 13.7. The van der Waals surface area contributed by atoms with Crippen molar-refractivity contribution in [2.75, 3.05) is 13.7 Å². The minimum Gasteiger partial charge on any atom is -0.451 e. The molecule has 0 aliphatic rings. The van der Waals surface area contributed by atoms with Crippen LogP contribution in [0.3, 0.4) is 0 Å². The number of halogens is 1. The van der Waals surface area contributed by atoms with Crippen molar-refractivity contribution in [3.63, 3.8) is 0 Å². The maximum atomic E-state index is 13.7. The van der Waals surface area contributed by atoms with Gasteiger partial charge in [-0.25, -0.2) is 9.18 Å². The van der Waals surface area contributed by atoms with E-state index in [-0.39, 0.29) is 12.4 Å². The summed E-state index contributed by atoms with van der Waals surface area (Å²) >= 11 is 1.27. The number of amides is 1. The van der Waals surface area contributed by atoms with Crippen molar-refractivity contribution in [3.8, 4) is 0 Å². The molecule has 8 heteroatoms. The number of aryl methyl sites for hydroxylation is 2. The second-order valence-electron chi connectivity index (χ2n) is 5.96. The van der Waals surface area contributed by atoms with Crippen molar-refractivity contribution >= 4 is 33.4 Å². The van der Waals surface area contributed by atoms with Gasteiger partial charge in [-0.15, -0.1) is 11.3 Å². The highest BCUT2D eigenvalue weighted by atomic mass is 32.1. The molecule has 6 nitrogen and oxygen atoms in total. The number of benzene rings is 1. The van der Waals surface area contributed by atoms with E-state index in [1.165, 1.54) is 29.4 Å². The van der Waals surface area contributed by atoms with E-state index in [0.29, 0.717) is 10.4 Å². The molecule has 0 unspecified atom stereocenters. The Balaban J connectivity index is 1.60. The number of hydrogen-bond acceptors (Lipinski definition) is 5. The van der Waals surface area contributed by atoms with Gasteiger partial charge >= 0.3 is 5.97 Å². The molecular formula is C18H18FN3O3S. The minimum absolute atomic E-state index is 0.108. The maximum Gasteiger partial charge on any atom is 0.348 e. The number of likely N-dealkylation sites (N-methyl/N-ethyl adjacent to an activating group) is 1. The summed E-state index contributed by atoms with van der Waals surface area (Å²) in [7, 11) is 3.35. The van der Waals surface area contributed by atoms with Crippen LogP contribution in [-0.2, 0) is 23.1 Å². The van der Waals surface area contributed by atoms with Gasteiger partial charge < -0.3 is 9.64 Å². The van der Waals surface area contributed by atoms with Crippen LogP contribution in [0.25, 0.3) is 10.2 Å². The third-order valence-electron chi connectivity index (χ3n) is 4.02. The van der Waals surface area contributed by atoms with Crippen LogP contribution in [0.2, 0.25) is 0 Å². The lowest BCUT2D eigenvalue weighted by Gasteiger charge is -2.17. The number of thiophene rings is 1. The molecule has 0 saturated heterocycles. The number of carbonyl (C=O) groups excluding carboxylic acids is 2. The fraction of sp³-hybridized carbons (Fsp3) is 0.278. The molecule has 136 valence electrons. The molecule has 0 bridgehead atoms. The van der Waals surface area contributed by atoms with Gasteiger partial charge in [-0.1, -0.05) is 18.2 Å². The van der Waals surface area contributed by atoms with Crippen LogP contribution < -0.4 is 0 Å². The Labute approximate surface area is 153 Å². The summed E-state index contributed by atoms with van der Waals surface area (Å²) in [6, 6.07) is 7.96. The lowest BCUT2D eigenvalue weighted by Crippen LogP contribution is -2.31. The zero-order valence-electron chi connectivity index (χ0n) is 14.7. The number of nitrogens with zero attached hydrogens (tertiary/aromatic N) is 3. The SMILES string of the molecule is Cc1nn(C)c2sc(C(=O)OCC(=O)N(C)Cc3ccccc3F)cc12. The molecule has 2 aromatic heterocycles. The number of ether oxygens (including phenoxy) is 1. The third-order valence-corrected chi connectivity index (χ3v) is 5.20. The van der Waals surface area contributed by atoms with Crippen LogP contribution in [0.15, 0.2) is 30.3 Å².